The van der Waals surface area contributed by atoms with Gasteiger partial charge in [0.2, 0.25) is 0 Å². The van der Waals surface area contributed by atoms with Crippen LogP contribution in [0.3, 0.4) is 0 Å². The highest BCUT2D eigenvalue weighted by atomic mass is 35.5. The zero-order valence-electron chi connectivity index (χ0n) is 12.6. The molecule has 0 bridgehead atoms. The number of para-hydroxylation sites is 1. The zero-order chi connectivity index (χ0) is 16.8. The molecule has 3 aromatic rings. The Kier molecular flexibility index (Phi) is 5.46. The van der Waals surface area contributed by atoms with Crippen molar-refractivity contribution in [3.05, 3.63) is 75.7 Å². The van der Waals surface area contributed by atoms with Crippen molar-refractivity contribution >= 4 is 28.9 Å². The Hall–Kier alpha value is -2.37. The minimum absolute atomic E-state index is 0.131. The number of aromatic nitrogens is 1. The molecule has 0 unspecified atom stereocenters. The van der Waals surface area contributed by atoms with Gasteiger partial charge in [-0.1, -0.05) is 29.8 Å². The number of hydrogen-bond donors (Lipinski definition) is 0. The van der Waals surface area contributed by atoms with Crippen molar-refractivity contribution in [3.63, 3.8) is 0 Å². The second-order valence-electron chi connectivity index (χ2n) is 4.94. The number of carbonyl (C=O) groups excluding carboxylic acids is 1. The summed E-state index contributed by atoms with van der Waals surface area (Å²) >= 11 is 7.28. The normalized spacial score (nSPS) is 10.4. The molecule has 0 amide bonds. The maximum Gasteiger partial charge on any atom is 0.317 e. The van der Waals surface area contributed by atoms with Crippen molar-refractivity contribution in [1.29, 1.82) is 0 Å². The van der Waals surface area contributed by atoms with Crippen LogP contribution in [-0.4, -0.2) is 11.0 Å². The van der Waals surface area contributed by atoms with E-state index in [0.717, 1.165) is 10.8 Å². The average molecular weight is 360 g/mol. The summed E-state index contributed by atoms with van der Waals surface area (Å²) in [4.78, 5) is 16.3. The summed E-state index contributed by atoms with van der Waals surface area (Å²) in [6, 6.07) is 16.1. The third kappa shape index (κ3) is 4.81. The summed E-state index contributed by atoms with van der Waals surface area (Å²) in [6.07, 6.45) is 0.131. The second-order valence-corrected chi connectivity index (χ2v) is 6.32. The lowest BCUT2D eigenvalue weighted by Crippen LogP contribution is -2.11. The van der Waals surface area contributed by atoms with Crippen LogP contribution >= 0.6 is 22.9 Å². The number of esters is 1. The quantitative estimate of drug-likeness (QED) is 0.479. The number of nitrogens with zero attached hydrogens (tertiary/aromatic N) is 1. The molecule has 0 aliphatic rings. The van der Waals surface area contributed by atoms with Gasteiger partial charge in [-0.25, -0.2) is 4.98 Å². The van der Waals surface area contributed by atoms with Gasteiger partial charge in [0.05, 0.1) is 12.1 Å². The van der Waals surface area contributed by atoms with Crippen LogP contribution in [0.4, 0.5) is 0 Å². The van der Waals surface area contributed by atoms with Crippen molar-refractivity contribution in [1.82, 2.24) is 4.98 Å². The molecule has 24 heavy (non-hydrogen) atoms. The minimum Gasteiger partial charge on any atom is -0.486 e. The van der Waals surface area contributed by atoms with Gasteiger partial charge < -0.3 is 9.47 Å². The molecule has 0 fully saturated rings. The molecule has 0 aliphatic carbocycles. The Morgan fingerprint density at radius 3 is 2.54 bits per heavy atom. The number of benzene rings is 2. The van der Waals surface area contributed by atoms with Crippen molar-refractivity contribution in [2.24, 2.45) is 0 Å². The molecule has 0 saturated carbocycles. The number of thiazole rings is 1. The minimum atomic E-state index is -0.336. The fourth-order valence-corrected chi connectivity index (χ4v) is 2.81. The van der Waals surface area contributed by atoms with Crippen molar-refractivity contribution in [3.8, 4) is 11.5 Å². The first-order valence-electron chi connectivity index (χ1n) is 7.26. The molecular formula is C18H14ClNO3S. The Morgan fingerprint density at radius 2 is 1.79 bits per heavy atom. The Bertz CT molecular complexity index is 803. The van der Waals surface area contributed by atoms with Gasteiger partial charge in [-0.2, -0.15) is 0 Å². The number of ether oxygens (including phenoxy) is 2. The van der Waals surface area contributed by atoms with Crippen molar-refractivity contribution in [2.75, 3.05) is 0 Å². The summed E-state index contributed by atoms with van der Waals surface area (Å²) in [5.74, 6) is 0.917. The molecular weight excluding hydrogens is 346 g/mol. The van der Waals surface area contributed by atoms with E-state index in [2.05, 4.69) is 4.98 Å². The first kappa shape index (κ1) is 16.5. The van der Waals surface area contributed by atoms with Gasteiger partial charge in [-0.3, -0.25) is 4.79 Å². The lowest BCUT2D eigenvalue weighted by atomic mass is 10.3. The van der Waals surface area contributed by atoms with Crippen LogP contribution in [0.25, 0.3) is 0 Å². The standard InChI is InChI=1S/C18H14ClNO3S/c19-13-6-8-15(9-7-13)22-11-17-20-14(12-24-17)10-18(21)23-16-4-2-1-3-5-16/h1-9,12H,10-11H2. The Morgan fingerprint density at radius 1 is 1.04 bits per heavy atom. The molecule has 0 spiro atoms. The van der Waals surface area contributed by atoms with E-state index < -0.39 is 0 Å². The van der Waals surface area contributed by atoms with Crippen molar-refractivity contribution in [2.45, 2.75) is 13.0 Å². The van der Waals surface area contributed by atoms with Gasteiger partial charge in [0.25, 0.3) is 0 Å². The third-order valence-electron chi connectivity index (χ3n) is 3.08. The van der Waals surface area contributed by atoms with Crippen LogP contribution in [0.15, 0.2) is 60.0 Å². The molecule has 0 radical (unpaired) electrons. The fourth-order valence-electron chi connectivity index (χ4n) is 1.98. The molecule has 0 aliphatic heterocycles. The van der Waals surface area contributed by atoms with E-state index in [4.69, 9.17) is 21.1 Å². The van der Waals surface area contributed by atoms with Crippen LogP contribution < -0.4 is 9.47 Å². The van der Waals surface area contributed by atoms with Gasteiger partial charge in [0, 0.05) is 10.4 Å². The molecule has 6 heteroatoms. The molecule has 0 N–H and O–H groups in total. The highest BCUT2D eigenvalue weighted by Gasteiger charge is 2.10. The topological polar surface area (TPSA) is 48.4 Å². The molecule has 122 valence electrons. The summed E-state index contributed by atoms with van der Waals surface area (Å²) < 4.78 is 10.9. The number of hydrogen-bond acceptors (Lipinski definition) is 5. The summed E-state index contributed by atoms with van der Waals surface area (Å²) in [5.41, 5.74) is 0.677. The molecule has 2 aromatic carbocycles. The smallest absolute Gasteiger partial charge is 0.317 e. The highest BCUT2D eigenvalue weighted by Crippen LogP contribution is 2.18. The maximum absolute atomic E-state index is 11.9. The van der Waals surface area contributed by atoms with E-state index in [0.29, 0.717) is 23.1 Å². The number of rotatable bonds is 6. The predicted molar refractivity (Wildman–Crippen MR) is 93.7 cm³/mol. The SMILES string of the molecule is O=C(Cc1csc(COc2ccc(Cl)cc2)n1)Oc1ccccc1. The van der Waals surface area contributed by atoms with E-state index in [1.807, 2.05) is 23.6 Å². The molecule has 3 rings (SSSR count). The third-order valence-corrected chi connectivity index (χ3v) is 4.20. The van der Waals surface area contributed by atoms with Gasteiger partial charge in [-0.15, -0.1) is 11.3 Å². The van der Waals surface area contributed by atoms with Crippen LogP contribution in [0.2, 0.25) is 5.02 Å². The molecule has 0 atom stereocenters. The van der Waals surface area contributed by atoms with Crippen LogP contribution in [0.1, 0.15) is 10.7 Å². The van der Waals surface area contributed by atoms with E-state index in [9.17, 15) is 4.79 Å². The Labute approximate surface area is 148 Å². The van der Waals surface area contributed by atoms with Crippen molar-refractivity contribution < 1.29 is 14.3 Å². The number of carbonyl (C=O) groups is 1. The van der Waals surface area contributed by atoms with E-state index in [1.165, 1.54) is 11.3 Å². The molecule has 4 nitrogen and oxygen atoms in total. The van der Waals surface area contributed by atoms with Gasteiger partial charge in [-0.05, 0) is 36.4 Å². The summed E-state index contributed by atoms with van der Waals surface area (Å²) in [6.45, 7) is 0.347. The van der Waals surface area contributed by atoms with E-state index in [1.54, 1.807) is 36.4 Å². The fraction of sp³-hybridized carbons (Fsp3) is 0.111. The molecule has 0 saturated heterocycles. The van der Waals surface area contributed by atoms with Gasteiger partial charge in [0.15, 0.2) is 0 Å². The van der Waals surface area contributed by atoms with E-state index in [-0.39, 0.29) is 12.4 Å². The highest BCUT2D eigenvalue weighted by molar-refractivity contribution is 7.09. The van der Waals surface area contributed by atoms with Gasteiger partial charge in [0.1, 0.15) is 23.1 Å². The Balaban J connectivity index is 1.51. The second kappa shape index (κ2) is 7.95. The summed E-state index contributed by atoms with van der Waals surface area (Å²) in [5, 5.41) is 3.30. The van der Waals surface area contributed by atoms with E-state index >= 15 is 0 Å². The lowest BCUT2D eigenvalue weighted by molar-refractivity contribution is -0.133. The maximum atomic E-state index is 11.9. The van der Waals surface area contributed by atoms with Gasteiger partial charge >= 0.3 is 5.97 Å². The monoisotopic (exact) mass is 359 g/mol. The first-order valence-corrected chi connectivity index (χ1v) is 8.52. The molecule has 1 heterocycles. The number of halogens is 1. The predicted octanol–water partition coefficient (Wildman–Crippen LogP) is 4.52. The largest absolute Gasteiger partial charge is 0.486 e. The summed E-state index contributed by atoms with van der Waals surface area (Å²) in [7, 11) is 0. The first-order chi connectivity index (χ1) is 11.7. The van der Waals surface area contributed by atoms with Crippen LogP contribution in [0.5, 0.6) is 11.5 Å². The molecule has 1 aromatic heterocycles. The average Bonchev–Trinajstić information content (AvgIpc) is 3.02. The zero-order valence-corrected chi connectivity index (χ0v) is 14.2. The van der Waals surface area contributed by atoms with Crippen LogP contribution in [-0.2, 0) is 17.8 Å². The van der Waals surface area contributed by atoms with Crippen LogP contribution in [0, 0.1) is 0 Å². The lowest BCUT2D eigenvalue weighted by Gasteiger charge is -2.03.